The molecule has 0 bridgehead atoms. The number of aromatic amines is 1. The number of alkyl carbamates (subject to hydrolysis) is 1. The minimum absolute atomic E-state index is 0.242. The first-order valence-corrected chi connectivity index (χ1v) is 7.55. The zero-order valence-electron chi connectivity index (χ0n) is 12.1. The van der Waals surface area contributed by atoms with Crippen LogP contribution in [-0.2, 0) is 11.3 Å². The van der Waals surface area contributed by atoms with Crippen molar-refractivity contribution in [3.8, 4) is 11.4 Å². The summed E-state index contributed by atoms with van der Waals surface area (Å²) in [7, 11) is 0. The molecule has 0 spiro atoms. The summed E-state index contributed by atoms with van der Waals surface area (Å²) in [6.07, 6.45) is -0.477. The van der Waals surface area contributed by atoms with Crippen molar-refractivity contribution in [2.24, 2.45) is 0 Å². The van der Waals surface area contributed by atoms with Gasteiger partial charge in [0.1, 0.15) is 11.4 Å². The average Bonchev–Trinajstić information content (AvgIpc) is 2.83. The quantitative estimate of drug-likeness (QED) is 0.777. The van der Waals surface area contributed by atoms with Crippen LogP contribution in [-0.4, -0.2) is 26.9 Å². The largest absolute Gasteiger partial charge is 0.444 e. The van der Waals surface area contributed by atoms with Crippen molar-refractivity contribution in [2.45, 2.75) is 32.9 Å². The fourth-order valence-electron chi connectivity index (χ4n) is 1.60. The van der Waals surface area contributed by atoms with Gasteiger partial charge in [-0.3, -0.25) is 5.10 Å². The van der Waals surface area contributed by atoms with E-state index in [0.29, 0.717) is 11.6 Å². The molecule has 0 aliphatic rings. The van der Waals surface area contributed by atoms with Gasteiger partial charge in [0.25, 0.3) is 0 Å². The van der Waals surface area contributed by atoms with Crippen LogP contribution >= 0.6 is 22.6 Å². The van der Waals surface area contributed by atoms with Crippen LogP contribution in [0.3, 0.4) is 0 Å². The molecule has 21 heavy (non-hydrogen) atoms. The van der Waals surface area contributed by atoms with Gasteiger partial charge in [-0.2, -0.15) is 5.10 Å². The van der Waals surface area contributed by atoms with Crippen LogP contribution in [0.1, 0.15) is 26.6 Å². The van der Waals surface area contributed by atoms with E-state index in [2.05, 4.69) is 43.1 Å². The minimum atomic E-state index is -0.516. The fourth-order valence-corrected chi connectivity index (χ4v) is 2.14. The molecule has 0 aliphatic heterocycles. The number of benzene rings is 1. The van der Waals surface area contributed by atoms with Crippen molar-refractivity contribution in [1.29, 1.82) is 0 Å². The molecule has 2 rings (SSSR count). The molecule has 1 amide bonds. The van der Waals surface area contributed by atoms with Crippen molar-refractivity contribution in [3.05, 3.63) is 33.7 Å². The summed E-state index contributed by atoms with van der Waals surface area (Å²) in [6.45, 7) is 5.69. The van der Waals surface area contributed by atoms with E-state index in [9.17, 15) is 4.79 Å². The number of H-pyrrole nitrogens is 1. The van der Waals surface area contributed by atoms with Crippen LogP contribution in [0.4, 0.5) is 4.79 Å². The number of halogens is 1. The van der Waals surface area contributed by atoms with Crippen LogP contribution in [0.15, 0.2) is 24.3 Å². The van der Waals surface area contributed by atoms with E-state index in [1.54, 1.807) is 0 Å². The first-order valence-electron chi connectivity index (χ1n) is 6.47. The Labute approximate surface area is 136 Å². The van der Waals surface area contributed by atoms with Gasteiger partial charge in [0.15, 0.2) is 5.82 Å². The first kappa shape index (κ1) is 15.7. The lowest BCUT2D eigenvalue weighted by molar-refractivity contribution is 0.0522. The van der Waals surface area contributed by atoms with E-state index in [0.717, 1.165) is 9.13 Å². The van der Waals surface area contributed by atoms with E-state index >= 15 is 0 Å². The molecular formula is C14H17IN4O2. The van der Waals surface area contributed by atoms with E-state index in [4.69, 9.17) is 4.74 Å². The number of aromatic nitrogens is 3. The molecule has 1 aromatic carbocycles. The lowest BCUT2D eigenvalue weighted by Crippen LogP contribution is -2.32. The molecule has 0 aliphatic carbocycles. The van der Waals surface area contributed by atoms with Crippen LogP contribution in [0.5, 0.6) is 0 Å². The molecular weight excluding hydrogens is 383 g/mol. The van der Waals surface area contributed by atoms with Gasteiger partial charge in [-0.1, -0.05) is 12.1 Å². The van der Waals surface area contributed by atoms with Crippen molar-refractivity contribution in [2.75, 3.05) is 0 Å². The third-order valence-corrected chi connectivity index (χ3v) is 3.08. The summed E-state index contributed by atoms with van der Waals surface area (Å²) < 4.78 is 6.27. The molecule has 0 radical (unpaired) electrons. The summed E-state index contributed by atoms with van der Waals surface area (Å²) in [4.78, 5) is 15.9. The molecule has 2 aromatic rings. The highest BCUT2D eigenvalue weighted by Gasteiger charge is 2.16. The zero-order valence-corrected chi connectivity index (χ0v) is 14.3. The molecule has 112 valence electrons. The van der Waals surface area contributed by atoms with Gasteiger partial charge in [-0.15, -0.1) is 0 Å². The third-order valence-electron chi connectivity index (χ3n) is 2.41. The summed E-state index contributed by atoms with van der Waals surface area (Å²) in [5, 5.41) is 9.59. The Morgan fingerprint density at radius 3 is 2.86 bits per heavy atom. The maximum absolute atomic E-state index is 11.6. The number of carbonyl (C=O) groups excluding carboxylic acids is 1. The number of amides is 1. The number of hydrogen-bond donors (Lipinski definition) is 2. The Balaban J connectivity index is 1.96. The summed E-state index contributed by atoms with van der Waals surface area (Å²) in [6, 6.07) is 7.89. The van der Waals surface area contributed by atoms with Crippen LogP contribution in [0.25, 0.3) is 11.4 Å². The fraction of sp³-hybridized carbons (Fsp3) is 0.357. The van der Waals surface area contributed by atoms with E-state index < -0.39 is 11.7 Å². The first-order chi connectivity index (χ1) is 9.83. The topological polar surface area (TPSA) is 79.9 Å². The van der Waals surface area contributed by atoms with E-state index in [1.807, 2.05) is 45.0 Å². The highest BCUT2D eigenvalue weighted by molar-refractivity contribution is 14.1. The van der Waals surface area contributed by atoms with Gasteiger partial charge >= 0.3 is 6.09 Å². The second-order valence-corrected chi connectivity index (χ2v) is 6.72. The van der Waals surface area contributed by atoms with Crippen molar-refractivity contribution in [3.63, 3.8) is 0 Å². The molecule has 6 nitrogen and oxygen atoms in total. The number of ether oxygens (including phenoxy) is 1. The second-order valence-electron chi connectivity index (χ2n) is 5.47. The van der Waals surface area contributed by atoms with Crippen molar-refractivity contribution < 1.29 is 9.53 Å². The molecule has 7 heteroatoms. The summed E-state index contributed by atoms with van der Waals surface area (Å²) in [5.41, 5.74) is 0.416. The lowest BCUT2D eigenvalue weighted by Gasteiger charge is -2.19. The molecule has 1 heterocycles. The van der Waals surface area contributed by atoms with Gasteiger partial charge in [-0.25, -0.2) is 9.78 Å². The number of hydrogen-bond acceptors (Lipinski definition) is 4. The van der Waals surface area contributed by atoms with Crippen LogP contribution in [0.2, 0.25) is 0 Å². The Morgan fingerprint density at radius 1 is 1.43 bits per heavy atom. The van der Waals surface area contributed by atoms with Crippen molar-refractivity contribution >= 4 is 28.7 Å². The Bertz CT molecular complexity index is 634. The maximum atomic E-state index is 11.6. The predicted octanol–water partition coefficient (Wildman–Crippen LogP) is 3.10. The van der Waals surface area contributed by atoms with E-state index in [1.165, 1.54) is 0 Å². The smallest absolute Gasteiger partial charge is 0.408 e. The van der Waals surface area contributed by atoms with Crippen LogP contribution in [0, 0.1) is 3.57 Å². The highest BCUT2D eigenvalue weighted by atomic mass is 127. The number of nitrogens with one attached hydrogen (secondary N) is 2. The average molecular weight is 400 g/mol. The zero-order chi connectivity index (χ0) is 15.5. The number of nitrogens with zero attached hydrogens (tertiary/aromatic N) is 2. The monoisotopic (exact) mass is 400 g/mol. The third kappa shape index (κ3) is 5.00. The molecule has 2 N–H and O–H groups in total. The van der Waals surface area contributed by atoms with Crippen LogP contribution < -0.4 is 5.32 Å². The molecule has 0 saturated heterocycles. The normalized spacial score (nSPS) is 11.2. The van der Waals surface area contributed by atoms with Gasteiger partial charge in [-0.05, 0) is 55.5 Å². The summed E-state index contributed by atoms with van der Waals surface area (Å²) >= 11 is 2.24. The van der Waals surface area contributed by atoms with Crippen molar-refractivity contribution in [1.82, 2.24) is 20.5 Å². The number of rotatable bonds is 3. The van der Waals surface area contributed by atoms with Gasteiger partial charge in [0.05, 0.1) is 6.54 Å². The predicted molar refractivity (Wildman–Crippen MR) is 87.6 cm³/mol. The Morgan fingerprint density at radius 2 is 2.19 bits per heavy atom. The molecule has 0 unspecified atom stereocenters. The second kappa shape index (κ2) is 6.42. The molecule has 0 saturated carbocycles. The number of carbonyl (C=O) groups is 1. The Hall–Kier alpha value is -1.64. The van der Waals surface area contributed by atoms with Gasteiger partial charge in [0.2, 0.25) is 0 Å². The lowest BCUT2D eigenvalue weighted by atomic mass is 10.2. The van der Waals surface area contributed by atoms with Gasteiger partial charge in [0, 0.05) is 9.13 Å². The Kier molecular flexibility index (Phi) is 4.81. The summed E-state index contributed by atoms with van der Waals surface area (Å²) in [5.74, 6) is 1.18. The molecule has 0 fully saturated rings. The molecule has 0 atom stereocenters. The SMILES string of the molecule is CC(C)(C)OC(=O)NCc1nc(-c2cccc(I)c2)n[nH]1. The highest BCUT2D eigenvalue weighted by Crippen LogP contribution is 2.17. The van der Waals surface area contributed by atoms with E-state index in [-0.39, 0.29) is 6.54 Å². The van der Waals surface area contributed by atoms with Gasteiger partial charge < -0.3 is 10.1 Å². The standard InChI is InChI=1S/C14H17IN4O2/c1-14(2,3)21-13(20)16-8-11-17-12(19-18-11)9-5-4-6-10(15)7-9/h4-7H,8H2,1-3H3,(H,16,20)(H,17,18,19). The minimum Gasteiger partial charge on any atom is -0.444 e. The maximum Gasteiger partial charge on any atom is 0.408 e. The molecule has 1 aromatic heterocycles.